The van der Waals surface area contributed by atoms with Gasteiger partial charge in [-0.2, -0.15) is 0 Å². The Morgan fingerprint density at radius 3 is 2.45 bits per heavy atom. The third kappa shape index (κ3) is 6.63. The largest absolute Gasteiger partial charge is 0.489 e. The third-order valence-electron chi connectivity index (χ3n) is 7.15. The van der Waals surface area contributed by atoms with Crippen LogP contribution in [-0.2, 0) is 19.7 Å². The van der Waals surface area contributed by atoms with E-state index in [1.165, 1.54) is 0 Å². The van der Waals surface area contributed by atoms with Crippen molar-refractivity contribution in [1.82, 2.24) is 30.5 Å². The van der Waals surface area contributed by atoms with Crippen LogP contribution in [0.1, 0.15) is 44.6 Å². The highest BCUT2D eigenvalue weighted by molar-refractivity contribution is 9.10. The number of carboxylic acids is 1. The number of hydrogen-bond acceptors (Lipinski definition) is 6. The van der Waals surface area contributed by atoms with E-state index in [1.807, 2.05) is 60.7 Å². The fourth-order valence-electron chi connectivity index (χ4n) is 4.98. The number of carboxylic acid groups (broad SMARTS) is 1. The van der Waals surface area contributed by atoms with E-state index in [0.29, 0.717) is 52.0 Å². The first-order valence-corrected chi connectivity index (χ1v) is 15.1. The van der Waals surface area contributed by atoms with E-state index in [2.05, 4.69) is 41.8 Å². The van der Waals surface area contributed by atoms with Crippen LogP contribution in [0.15, 0.2) is 95.5 Å². The number of carbonyl (C=O) groups is 1. The minimum atomic E-state index is -1.11. The molecule has 44 heavy (non-hydrogen) atoms. The number of aromatic amines is 1. The monoisotopic (exact) mass is 690 g/mol. The van der Waals surface area contributed by atoms with Crippen LogP contribution < -0.4 is 10.1 Å². The van der Waals surface area contributed by atoms with E-state index in [-0.39, 0.29) is 5.69 Å². The highest BCUT2D eigenvalue weighted by Gasteiger charge is 2.30. The number of H-pyrrole nitrogens is 1. The number of rotatable bonds is 11. The molecule has 9 nitrogen and oxygen atoms in total. The van der Waals surface area contributed by atoms with Crippen molar-refractivity contribution in [1.29, 1.82) is 0 Å². The number of aromatic carboxylic acids is 1. The van der Waals surface area contributed by atoms with Gasteiger partial charge in [0.15, 0.2) is 5.82 Å². The quantitative estimate of drug-likeness (QED) is 0.129. The molecule has 4 aromatic carbocycles. The number of hydrogen-bond donors (Lipinski definition) is 3. The van der Waals surface area contributed by atoms with E-state index in [9.17, 15) is 9.90 Å². The molecule has 2 aromatic heterocycles. The fraction of sp³-hybridized carbons (Fsp3) is 0.125. The van der Waals surface area contributed by atoms with E-state index < -0.39 is 12.0 Å². The van der Waals surface area contributed by atoms with Crippen molar-refractivity contribution >= 4 is 56.0 Å². The summed E-state index contributed by atoms with van der Waals surface area (Å²) in [5, 5.41) is 28.1. The van der Waals surface area contributed by atoms with Gasteiger partial charge in [0.1, 0.15) is 18.1 Å². The highest BCUT2D eigenvalue weighted by Crippen LogP contribution is 2.33. The maximum absolute atomic E-state index is 12.5. The Morgan fingerprint density at radius 1 is 0.977 bits per heavy atom. The number of nitrogens with one attached hydrogen (secondary N) is 2. The number of tetrazole rings is 1. The molecular formula is C32H25BrCl2N6O3. The Labute approximate surface area is 270 Å². The Bertz CT molecular complexity index is 1930. The van der Waals surface area contributed by atoms with Crippen LogP contribution in [0.3, 0.4) is 0 Å². The second-order valence-electron chi connectivity index (χ2n) is 10.1. The van der Waals surface area contributed by atoms with Crippen LogP contribution in [0, 0.1) is 0 Å². The van der Waals surface area contributed by atoms with E-state index in [0.717, 1.165) is 26.9 Å². The van der Waals surface area contributed by atoms with Crippen LogP contribution in [-0.4, -0.2) is 36.3 Å². The fourth-order valence-corrected chi connectivity index (χ4v) is 5.67. The Morgan fingerprint density at radius 2 is 1.70 bits per heavy atom. The van der Waals surface area contributed by atoms with Crippen molar-refractivity contribution < 1.29 is 14.6 Å². The van der Waals surface area contributed by atoms with Gasteiger partial charge in [-0.1, -0.05) is 87.7 Å². The minimum Gasteiger partial charge on any atom is -0.489 e. The maximum atomic E-state index is 12.5. The standard InChI is InChI=1S/C32H25BrCl2N6O3/c33-26-4-2-1-3-21(26)18-44-24-12-7-20(8-13-24)17-41-31(38-39-40-41)29(36-16-19-5-9-22(34)10-6-19)28-25-14-11-23(35)15-27(25)37-30(28)32(42)43/h1-15,29,36-37H,16-18H2,(H,42,43). The summed E-state index contributed by atoms with van der Waals surface area (Å²) < 4.78 is 8.63. The van der Waals surface area contributed by atoms with Gasteiger partial charge in [-0.15, -0.1) is 5.10 Å². The van der Waals surface area contributed by atoms with Gasteiger partial charge in [-0.25, -0.2) is 9.48 Å². The second-order valence-corrected chi connectivity index (χ2v) is 11.8. The van der Waals surface area contributed by atoms with Gasteiger partial charge >= 0.3 is 5.97 Å². The minimum absolute atomic E-state index is 0.0250. The summed E-state index contributed by atoms with van der Waals surface area (Å²) >= 11 is 15.9. The average Bonchev–Trinajstić information content (AvgIpc) is 3.63. The van der Waals surface area contributed by atoms with Gasteiger partial charge in [0, 0.05) is 43.1 Å². The Balaban J connectivity index is 1.30. The summed E-state index contributed by atoms with van der Waals surface area (Å²) in [6, 6.07) is 27.6. The molecular weight excluding hydrogens is 667 g/mol. The summed E-state index contributed by atoms with van der Waals surface area (Å²) in [5.74, 6) is 0.0711. The zero-order valence-corrected chi connectivity index (χ0v) is 26.1. The molecule has 6 rings (SSSR count). The number of aromatic nitrogens is 5. The molecule has 0 bridgehead atoms. The van der Waals surface area contributed by atoms with Crippen LogP contribution in [0.2, 0.25) is 10.0 Å². The maximum Gasteiger partial charge on any atom is 0.352 e. The van der Waals surface area contributed by atoms with Gasteiger partial charge < -0.3 is 14.8 Å². The van der Waals surface area contributed by atoms with Crippen LogP contribution >= 0.6 is 39.1 Å². The second kappa shape index (κ2) is 13.2. The molecule has 2 heterocycles. The molecule has 0 spiro atoms. The smallest absolute Gasteiger partial charge is 0.352 e. The molecule has 0 saturated carbocycles. The number of fused-ring (bicyclic) bond motifs is 1. The summed E-state index contributed by atoms with van der Waals surface area (Å²) in [4.78, 5) is 15.5. The molecule has 0 fully saturated rings. The Kier molecular flexibility index (Phi) is 8.94. The van der Waals surface area contributed by atoms with Gasteiger partial charge in [0.2, 0.25) is 0 Å². The number of benzene rings is 4. The SMILES string of the molecule is O=C(O)c1[nH]c2cc(Cl)ccc2c1C(NCc1ccc(Cl)cc1)c1nnnn1Cc1ccc(OCc2ccccc2Br)cc1. The van der Waals surface area contributed by atoms with Crippen LogP contribution in [0.4, 0.5) is 0 Å². The molecule has 3 N–H and O–H groups in total. The summed E-state index contributed by atoms with van der Waals surface area (Å²) in [6.07, 6.45) is 0. The zero-order chi connectivity index (χ0) is 30.6. The summed E-state index contributed by atoms with van der Waals surface area (Å²) in [7, 11) is 0. The van der Waals surface area contributed by atoms with Crippen molar-refractivity contribution in [3.05, 3.63) is 139 Å². The first-order chi connectivity index (χ1) is 21.4. The first-order valence-electron chi connectivity index (χ1n) is 13.6. The molecule has 1 unspecified atom stereocenters. The van der Waals surface area contributed by atoms with E-state index >= 15 is 0 Å². The highest BCUT2D eigenvalue weighted by atomic mass is 79.9. The van der Waals surface area contributed by atoms with Crippen LogP contribution in [0.5, 0.6) is 5.75 Å². The molecule has 12 heteroatoms. The zero-order valence-electron chi connectivity index (χ0n) is 23.0. The van der Waals surface area contributed by atoms with Crippen molar-refractivity contribution in [2.24, 2.45) is 0 Å². The van der Waals surface area contributed by atoms with Gasteiger partial charge in [0.05, 0.1) is 12.6 Å². The van der Waals surface area contributed by atoms with Crippen molar-refractivity contribution in [2.45, 2.75) is 25.7 Å². The lowest BCUT2D eigenvalue weighted by atomic mass is 10.0. The number of nitrogens with zero attached hydrogens (tertiary/aromatic N) is 4. The molecule has 0 aliphatic heterocycles. The molecule has 6 aromatic rings. The first kappa shape index (κ1) is 29.8. The van der Waals surface area contributed by atoms with Crippen molar-refractivity contribution in [2.75, 3.05) is 0 Å². The van der Waals surface area contributed by atoms with Gasteiger partial charge in [-0.05, 0) is 64.0 Å². The molecule has 0 amide bonds. The normalized spacial score (nSPS) is 12.0. The molecule has 0 aliphatic carbocycles. The topological polar surface area (TPSA) is 118 Å². The molecule has 1 atom stereocenters. The van der Waals surface area contributed by atoms with Crippen molar-refractivity contribution in [3.8, 4) is 5.75 Å². The van der Waals surface area contributed by atoms with E-state index in [4.69, 9.17) is 27.9 Å². The Hall–Kier alpha value is -4.22. The van der Waals surface area contributed by atoms with Crippen LogP contribution in [0.25, 0.3) is 10.9 Å². The third-order valence-corrected chi connectivity index (χ3v) is 8.41. The molecule has 0 aliphatic rings. The molecule has 222 valence electrons. The van der Waals surface area contributed by atoms with Crippen molar-refractivity contribution in [3.63, 3.8) is 0 Å². The number of ether oxygens (including phenoxy) is 1. The lowest BCUT2D eigenvalue weighted by molar-refractivity contribution is 0.0689. The van der Waals surface area contributed by atoms with Gasteiger partial charge in [0.25, 0.3) is 0 Å². The molecule has 0 radical (unpaired) electrons. The lowest BCUT2D eigenvalue weighted by Crippen LogP contribution is -2.27. The molecule has 0 saturated heterocycles. The van der Waals surface area contributed by atoms with Gasteiger partial charge in [-0.3, -0.25) is 5.32 Å². The van der Waals surface area contributed by atoms with E-state index in [1.54, 1.807) is 35.0 Å². The predicted molar refractivity (Wildman–Crippen MR) is 172 cm³/mol. The lowest BCUT2D eigenvalue weighted by Gasteiger charge is -2.19. The average molecular weight is 692 g/mol. The summed E-state index contributed by atoms with van der Waals surface area (Å²) in [6.45, 7) is 1.18. The predicted octanol–water partition coefficient (Wildman–Crippen LogP) is 7.43. The number of halogens is 3. The summed E-state index contributed by atoms with van der Waals surface area (Å²) in [5.41, 5.74) is 4.07.